The molecule has 0 aromatic carbocycles. The van der Waals surface area contributed by atoms with Gasteiger partial charge in [0.1, 0.15) is 11.6 Å². The monoisotopic (exact) mass is 416 g/mol. The zero-order chi connectivity index (χ0) is 20.6. The van der Waals surface area contributed by atoms with Crippen molar-refractivity contribution in [3.8, 4) is 6.07 Å². The predicted molar refractivity (Wildman–Crippen MR) is 98.0 cm³/mol. The molecule has 11 heteroatoms. The van der Waals surface area contributed by atoms with E-state index in [4.69, 9.17) is 17.5 Å². The van der Waals surface area contributed by atoms with Gasteiger partial charge in [-0.2, -0.15) is 18.4 Å². The number of carbonyl (C=O) groups is 2. The molecule has 1 amide bonds. The number of thioether (sulfide) groups is 1. The lowest BCUT2D eigenvalue weighted by atomic mass is 10.0. The first-order chi connectivity index (χ1) is 12.4. The number of amides is 1. The highest BCUT2D eigenvalue weighted by Crippen LogP contribution is 2.37. The number of aromatic nitrogens is 1. The van der Waals surface area contributed by atoms with E-state index in [-0.39, 0.29) is 22.5 Å². The molecular formula is C16H15F3N4O2S2. The molecule has 0 unspecified atom stereocenters. The average Bonchev–Trinajstić information content (AvgIpc) is 2.74. The number of hydrogen-bond acceptors (Lipinski definition) is 6. The predicted octanol–water partition coefficient (Wildman–Crippen LogP) is 2.96. The number of nitrogens with zero attached hydrogens (tertiary/aromatic N) is 4. The Kier molecular flexibility index (Phi) is 5.82. The lowest BCUT2D eigenvalue weighted by Crippen LogP contribution is -2.46. The maximum absolute atomic E-state index is 13.2. The molecule has 27 heavy (non-hydrogen) atoms. The number of hydrogen-bond donors (Lipinski definition) is 0. The Hall–Kier alpha value is -2.19. The third-order valence-electron chi connectivity index (χ3n) is 3.96. The molecule has 1 saturated heterocycles. The first-order valence-corrected chi connectivity index (χ1v) is 9.13. The molecule has 6 nitrogen and oxygen atoms in total. The minimum absolute atomic E-state index is 0.0883. The summed E-state index contributed by atoms with van der Waals surface area (Å²) in [4.78, 5) is 30.6. The zero-order valence-corrected chi connectivity index (χ0v) is 16.3. The van der Waals surface area contributed by atoms with Crippen LogP contribution in [-0.2, 0) is 15.8 Å². The van der Waals surface area contributed by atoms with Gasteiger partial charge in [-0.3, -0.25) is 14.5 Å². The molecule has 0 spiro atoms. The highest BCUT2D eigenvalue weighted by Gasteiger charge is 2.50. The SMILES string of the molecule is CCSC(=O)CN1C(=S)N(c2cnc(C#N)c(C(F)(F)F)c2)C(=O)C1(C)C. The first-order valence-electron chi connectivity index (χ1n) is 7.74. The lowest BCUT2D eigenvalue weighted by Gasteiger charge is -2.28. The number of alkyl halides is 3. The van der Waals surface area contributed by atoms with E-state index in [0.29, 0.717) is 11.8 Å². The molecule has 1 aliphatic rings. The molecule has 1 aliphatic heterocycles. The number of halogens is 3. The lowest BCUT2D eigenvalue weighted by molar-refractivity contribution is -0.138. The summed E-state index contributed by atoms with van der Waals surface area (Å²) in [5, 5.41) is 8.55. The van der Waals surface area contributed by atoms with Crippen LogP contribution < -0.4 is 4.90 Å². The Morgan fingerprint density at radius 3 is 2.59 bits per heavy atom. The van der Waals surface area contributed by atoms with E-state index in [1.807, 2.05) is 0 Å². The minimum atomic E-state index is -4.82. The van der Waals surface area contributed by atoms with Crippen LogP contribution in [0.1, 0.15) is 32.0 Å². The van der Waals surface area contributed by atoms with Crippen LogP contribution in [-0.4, -0.2) is 43.9 Å². The Bertz CT molecular complexity index is 849. The van der Waals surface area contributed by atoms with Gasteiger partial charge in [-0.15, -0.1) is 0 Å². The highest BCUT2D eigenvalue weighted by molar-refractivity contribution is 8.13. The number of pyridine rings is 1. The van der Waals surface area contributed by atoms with Gasteiger partial charge in [-0.25, -0.2) is 4.98 Å². The molecule has 0 aliphatic carbocycles. The van der Waals surface area contributed by atoms with E-state index < -0.39 is 28.9 Å². The van der Waals surface area contributed by atoms with E-state index in [1.54, 1.807) is 6.92 Å². The van der Waals surface area contributed by atoms with Crippen LogP contribution in [0.2, 0.25) is 0 Å². The number of carbonyl (C=O) groups excluding carboxylic acids is 2. The normalized spacial score (nSPS) is 16.6. The number of thiocarbonyl (C=S) groups is 1. The summed E-state index contributed by atoms with van der Waals surface area (Å²) in [6, 6.07) is 2.05. The van der Waals surface area contributed by atoms with Crippen molar-refractivity contribution in [3.05, 3.63) is 23.5 Å². The molecule has 0 atom stereocenters. The second-order valence-corrected chi connectivity index (χ2v) is 7.76. The van der Waals surface area contributed by atoms with Crippen LogP contribution in [0, 0.1) is 11.3 Å². The van der Waals surface area contributed by atoms with Crippen molar-refractivity contribution in [2.45, 2.75) is 32.5 Å². The van der Waals surface area contributed by atoms with E-state index in [0.717, 1.165) is 22.9 Å². The van der Waals surface area contributed by atoms with Gasteiger partial charge >= 0.3 is 6.18 Å². The Morgan fingerprint density at radius 2 is 2.07 bits per heavy atom. The summed E-state index contributed by atoms with van der Waals surface area (Å²) < 4.78 is 39.6. The van der Waals surface area contributed by atoms with Crippen LogP contribution in [0.4, 0.5) is 18.9 Å². The van der Waals surface area contributed by atoms with Crippen LogP contribution in [0.25, 0.3) is 0 Å². The molecular weight excluding hydrogens is 401 g/mol. The molecule has 0 N–H and O–H groups in total. The van der Waals surface area contributed by atoms with Crippen molar-refractivity contribution in [2.24, 2.45) is 0 Å². The molecule has 0 saturated carbocycles. The smallest absolute Gasteiger partial charge is 0.326 e. The Balaban J connectivity index is 2.48. The Labute approximate surface area is 163 Å². The van der Waals surface area contributed by atoms with Gasteiger partial charge < -0.3 is 4.90 Å². The molecule has 2 heterocycles. The van der Waals surface area contributed by atoms with Crippen molar-refractivity contribution >= 4 is 45.8 Å². The number of anilines is 1. The van der Waals surface area contributed by atoms with Crippen LogP contribution in [0.5, 0.6) is 0 Å². The van der Waals surface area contributed by atoms with Gasteiger partial charge in [0.15, 0.2) is 10.8 Å². The molecule has 0 radical (unpaired) electrons. The standard InChI is InChI=1S/C16H15F3N4O2S2/c1-4-27-12(24)8-22-14(26)23(13(25)15(22,2)3)9-5-10(16(17,18)19)11(6-20)21-7-9/h5,7H,4,8H2,1-3H3. The van der Waals surface area contributed by atoms with Gasteiger partial charge in [0, 0.05) is 0 Å². The fourth-order valence-electron chi connectivity index (χ4n) is 2.55. The van der Waals surface area contributed by atoms with E-state index in [2.05, 4.69) is 4.98 Å². The first kappa shape index (κ1) is 21.1. The quantitative estimate of drug-likeness (QED) is 0.699. The van der Waals surface area contributed by atoms with E-state index in [1.165, 1.54) is 24.8 Å². The second-order valence-electron chi connectivity index (χ2n) is 6.07. The second kappa shape index (κ2) is 7.44. The molecule has 1 aromatic heterocycles. The maximum Gasteiger partial charge on any atom is 0.419 e. The molecule has 0 bridgehead atoms. The number of rotatable bonds is 4. The van der Waals surface area contributed by atoms with Crippen LogP contribution in [0.3, 0.4) is 0 Å². The summed E-state index contributed by atoms with van der Waals surface area (Å²) in [5.41, 5.74) is -3.48. The van der Waals surface area contributed by atoms with Crippen LogP contribution in [0.15, 0.2) is 12.3 Å². The summed E-state index contributed by atoms with van der Waals surface area (Å²) >= 11 is 6.33. The highest BCUT2D eigenvalue weighted by atomic mass is 32.2. The average molecular weight is 416 g/mol. The van der Waals surface area contributed by atoms with Crippen molar-refractivity contribution in [3.63, 3.8) is 0 Å². The number of nitriles is 1. The van der Waals surface area contributed by atoms with Gasteiger partial charge in [0.2, 0.25) is 5.12 Å². The molecule has 144 valence electrons. The third kappa shape index (κ3) is 3.91. The molecule has 2 rings (SSSR count). The maximum atomic E-state index is 13.2. The topological polar surface area (TPSA) is 77.3 Å². The molecule has 1 aromatic rings. The largest absolute Gasteiger partial charge is 0.419 e. The molecule has 1 fully saturated rings. The summed E-state index contributed by atoms with van der Waals surface area (Å²) in [6.07, 6.45) is -3.83. The van der Waals surface area contributed by atoms with Gasteiger partial charge in [-0.05, 0) is 37.9 Å². The van der Waals surface area contributed by atoms with Gasteiger partial charge in [0.05, 0.1) is 24.0 Å². The van der Waals surface area contributed by atoms with Crippen molar-refractivity contribution in [1.29, 1.82) is 5.26 Å². The fourth-order valence-corrected chi connectivity index (χ4v) is 3.57. The van der Waals surface area contributed by atoms with Crippen LogP contribution >= 0.6 is 24.0 Å². The Morgan fingerprint density at radius 1 is 1.44 bits per heavy atom. The van der Waals surface area contributed by atoms with Crippen molar-refractivity contribution < 1.29 is 22.8 Å². The van der Waals surface area contributed by atoms with E-state index >= 15 is 0 Å². The van der Waals surface area contributed by atoms with Gasteiger partial charge in [0.25, 0.3) is 5.91 Å². The van der Waals surface area contributed by atoms with Crippen molar-refractivity contribution in [1.82, 2.24) is 9.88 Å². The summed E-state index contributed by atoms with van der Waals surface area (Å²) in [7, 11) is 0. The van der Waals surface area contributed by atoms with Gasteiger partial charge in [-0.1, -0.05) is 18.7 Å². The third-order valence-corrected chi connectivity index (χ3v) is 5.10. The van der Waals surface area contributed by atoms with E-state index in [9.17, 15) is 22.8 Å². The zero-order valence-electron chi connectivity index (χ0n) is 14.6. The fraction of sp³-hybridized carbons (Fsp3) is 0.438. The van der Waals surface area contributed by atoms with Crippen molar-refractivity contribution in [2.75, 3.05) is 17.2 Å². The summed E-state index contributed by atoms with van der Waals surface area (Å²) in [5.74, 6) is -0.0344. The minimum Gasteiger partial charge on any atom is -0.326 e. The summed E-state index contributed by atoms with van der Waals surface area (Å²) in [6.45, 7) is 4.72.